The minimum atomic E-state index is -0.760. The monoisotopic (exact) mass is 244 g/mol. The van der Waals surface area contributed by atoms with Gasteiger partial charge in [-0.15, -0.1) is 0 Å². The molecule has 0 amide bonds. The van der Waals surface area contributed by atoms with Crippen molar-refractivity contribution in [3.8, 4) is 5.75 Å². The van der Waals surface area contributed by atoms with E-state index in [9.17, 15) is 8.78 Å². The first-order valence-electron chi connectivity index (χ1n) is 5.90. The quantitative estimate of drug-likeness (QED) is 0.745. The highest BCUT2D eigenvalue weighted by Gasteiger charge is 2.11. The topological polar surface area (TPSA) is 29.5 Å². The maximum absolute atomic E-state index is 13.4. The van der Waals surface area contributed by atoms with Crippen LogP contribution < -0.4 is 4.74 Å². The molecule has 0 radical (unpaired) electrons. The third-order valence-electron chi connectivity index (χ3n) is 2.50. The van der Waals surface area contributed by atoms with E-state index < -0.39 is 18.2 Å². The van der Waals surface area contributed by atoms with Crippen molar-refractivity contribution in [2.45, 2.75) is 39.2 Å². The van der Waals surface area contributed by atoms with Crippen molar-refractivity contribution >= 4 is 0 Å². The molecule has 2 nitrogen and oxygen atoms in total. The van der Waals surface area contributed by atoms with E-state index in [1.807, 2.05) is 0 Å². The van der Waals surface area contributed by atoms with Crippen LogP contribution in [-0.2, 0) is 6.61 Å². The van der Waals surface area contributed by atoms with Crippen LogP contribution in [0.15, 0.2) is 12.1 Å². The third-order valence-corrected chi connectivity index (χ3v) is 2.50. The summed E-state index contributed by atoms with van der Waals surface area (Å²) in [6.07, 6.45) is 4.08. The predicted molar refractivity (Wildman–Crippen MR) is 61.9 cm³/mol. The van der Waals surface area contributed by atoms with Crippen molar-refractivity contribution in [1.29, 1.82) is 0 Å². The molecule has 1 N–H and O–H groups in total. The molecule has 0 heterocycles. The Kier molecular flexibility index (Phi) is 5.91. The number of hydrogen-bond acceptors (Lipinski definition) is 2. The first-order chi connectivity index (χ1) is 8.19. The number of halogens is 2. The lowest BCUT2D eigenvalue weighted by Crippen LogP contribution is -2.03. The first-order valence-corrected chi connectivity index (χ1v) is 5.90. The first kappa shape index (κ1) is 13.9. The molecule has 0 unspecified atom stereocenters. The molecular formula is C13H18F2O2. The maximum Gasteiger partial charge on any atom is 0.168 e. The second-order valence-electron chi connectivity index (χ2n) is 3.94. The molecular weight excluding hydrogens is 226 g/mol. The Balaban J connectivity index is 2.57. The second kappa shape index (κ2) is 7.22. The average Bonchev–Trinajstić information content (AvgIpc) is 2.30. The van der Waals surface area contributed by atoms with E-state index in [1.165, 1.54) is 0 Å². The molecule has 0 saturated heterocycles. The minimum Gasteiger partial charge on any atom is -0.490 e. The molecule has 1 rings (SSSR count). The lowest BCUT2D eigenvalue weighted by molar-refractivity contribution is 0.251. The van der Waals surface area contributed by atoms with Crippen LogP contribution in [0.25, 0.3) is 0 Å². The van der Waals surface area contributed by atoms with E-state index >= 15 is 0 Å². The van der Waals surface area contributed by atoms with Gasteiger partial charge in [-0.3, -0.25) is 0 Å². The fourth-order valence-corrected chi connectivity index (χ4v) is 1.60. The number of aliphatic hydroxyl groups excluding tert-OH is 1. The van der Waals surface area contributed by atoms with Gasteiger partial charge in [0, 0.05) is 11.6 Å². The van der Waals surface area contributed by atoms with Gasteiger partial charge < -0.3 is 9.84 Å². The van der Waals surface area contributed by atoms with Gasteiger partial charge >= 0.3 is 0 Å². The molecule has 0 fully saturated rings. The zero-order valence-corrected chi connectivity index (χ0v) is 10.0. The highest BCUT2D eigenvalue weighted by atomic mass is 19.1. The van der Waals surface area contributed by atoms with Crippen LogP contribution in [0, 0.1) is 11.6 Å². The molecule has 96 valence electrons. The predicted octanol–water partition coefficient (Wildman–Crippen LogP) is 3.42. The van der Waals surface area contributed by atoms with Crippen LogP contribution in [0.5, 0.6) is 5.75 Å². The molecule has 17 heavy (non-hydrogen) atoms. The lowest BCUT2D eigenvalue weighted by atomic mass is 10.2. The summed E-state index contributed by atoms with van der Waals surface area (Å²) >= 11 is 0. The molecule has 4 heteroatoms. The van der Waals surface area contributed by atoms with E-state index in [0.29, 0.717) is 6.61 Å². The van der Waals surface area contributed by atoms with Gasteiger partial charge in [0.25, 0.3) is 0 Å². The zero-order chi connectivity index (χ0) is 12.7. The van der Waals surface area contributed by atoms with E-state index in [0.717, 1.165) is 37.8 Å². The van der Waals surface area contributed by atoms with Crippen LogP contribution in [0.4, 0.5) is 8.78 Å². The van der Waals surface area contributed by atoms with Crippen molar-refractivity contribution in [2.75, 3.05) is 6.61 Å². The summed E-state index contributed by atoms with van der Waals surface area (Å²) in [6, 6.07) is 1.85. The Labute approximate surface area is 100 Å². The number of aliphatic hydroxyl groups is 1. The Hall–Kier alpha value is -1.16. The zero-order valence-electron chi connectivity index (χ0n) is 10.0. The fourth-order valence-electron chi connectivity index (χ4n) is 1.60. The second-order valence-corrected chi connectivity index (χ2v) is 3.94. The minimum absolute atomic E-state index is 0.0367. The SMILES string of the molecule is CCCCCCOc1c(F)cc(F)cc1CO. The number of hydrogen-bond donors (Lipinski definition) is 1. The Morgan fingerprint density at radius 3 is 2.59 bits per heavy atom. The molecule has 0 aliphatic carbocycles. The summed E-state index contributed by atoms with van der Waals surface area (Å²) < 4.78 is 31.5. The van der Waals surface area contributed by atoms with Gasteiger partial charge in [-0.05, 0) is 12.5 Å². The normalized spacial score (nSPS) is 10.6. The Morgan fingerprint density at radius 1 is 1.18 bits per heavy atom. The van der Waals surface area contributed by atoms with Gasteiger partial charge in [0.2, 0.25) is 0 Å². The molecule has 0 aliphatic rings. The van der Waals surface area contributed by atoms with Crippen LogP contribution in [0.2, 0.25) is 0 Å². The van der Waals surface area contributed by atoms with Crippen LogP contribution in [-0.4, -0.2) is 11.7 Å². The van der Waals surface area contributed by atoms with Crippen LogP contribution >= 0.6 is 0 Å². The summed E-state index contributed by atoms with van der Waals surface area (Å²) in [7, 11) is 0. The van der Waals surface area contributed by atoms with Gasteiger partial charge in [0.15, 0.2) is 11.6 Å². The smallest absolute Gasteiger partial charge is 0.168 e. The van der Waals surface area contributed by atoms with Crippen molar-refractivity contribution in [1.82, 2.24) is 0 Å². The summed E-state index contributed by atoms with van der Waals surface area (Å²) in [6.45, 7) is 2.05. The van der Waals surface area contributed by atoms with Gasteiger partial charge in [-0.2, -0.15) is 0 Å². The van der Waals surface area contributed by atoms with E-state index in [-0.39, 0.29) is 11.3 Å². The molecule has 1 aromatic rings. The molecule has 0 spiro atoms. The van der Waals surface area contributed by atoms with Crippen molar-refractivity contribution in [3.63, 3.8) is 0 Å². The van der Waals surface area contributed by atoms with Gasteiger partial charge in [0.05, 0.1) is 13.2 Å². The molecule has 0 aromatic heterocycles. The van der Waals surface area contributed by atoms with Gasteiger partial charge in [-0.1, -0.05) is 26.2 Å². The van der Waals surface area contributed by atoms with Crippen molar-refractivity contribution in [2.24, 2.45) is 0 Å². The molecule has 0 bridgehead atoms. The largest absolute Gasteiger partial charge is 0.490 e. The molecule has 0 aliphatic heterocycles. The highest BCUT2D eigenvalue weighted by Crippen LogP contribution is 2.24. The molecule has 1 aromatic carbocycles. The van der Waals surface area contributed by atoms with Gasteiger partial charge in [0.1, 0.15) is 5.82 Å². The van der Waals surface area contributed by atoms with Crippen molar-refractivity contribution < 1.29 is 18.6 Å². The number of ether oxygens (including phenoxy) is 1. The van der Waals surface area contributed by atoms with Crippen LogP contribution in [0.1, 0.15) is 38.2 Å². The van der Waals surface area contributed by atoms with E-state index in [4.69, 9.17) is 9.84 Å². The summed E-state index contributed by atoms with van der Waals surface area (Å²) in [5.41, 5.74) is 0.151. The molecule has 0 saturated carbocycles. The number of unbranched alkanes of at least 4 members (excludes halogenated alkanes) is 3. The molecule has 0 atom stereocenters. The summed E-state index contributed by atoms with van der Waals surface area (Å²) in [4.78, 5) is 0. The Bertz CT molecular complexity index is 354. The Morgan fingerprint density at radius 2 is 1.94 bits per heavy atom. The maximum atomic E-state index is 13.4. The number of benzene rings is 1. The summed E-state index contributed by atoms with van der Waals surface area (Å²) in [5, 5.41) is 8.99. The highest BCUT2D eigenvalue weighted by molar-refractivity contribution is 5.35. The average molecular weight is 244 g/mol. The third kappa shape index (κ3) is 4.30. The lowest BCUT2D eigenvalue weighted by Gasteiger charge is -2.11. The standard InChI is InChI=1S/C13H18F2O2/c1-2-3-4-5-6-17-13-10(9-16)7-11(14)8-12(13)15/h7-8,16H,2-6,9H2,1H3. The van der Waals surface area contributed by atoms with Crippen molar-refractivity contribution in [3.05, 3.63) is 29.3 Å². The van der Waals surface area contributed by atoms with E-state index in [1.54, 1.807) is 0 Å². The van der Waals surface area contributed by atoms with Gasteiger partial charge in [-0.25, -0.2) is 8.78 Å². The van der Waals surface area contributed by atoms with E-state index in [2.05, 4.69) is 6.92 Å². The van der Waals surface area contributed by atoms with Crippen LogP contribution in [0.3, 0.4) is 0 Å². The number of rotatable bonds is 7. The fraction of sp³-hybridized carbons (Fsp3) is 0.538. The summed E-state index contributed by atoms with van der Waals surface area (Å²) in [5.74, 6) is -1.50.